The van der Waals surface area contributed by atoms with E-state index in [4.69, 9.17) is 0 Å². The predicted molar refractivity (Wildman–Crippen MR) is 129 cm³/mol. The Morgan fingerprint density at radius 2 is 1.53 bits per heavy atom. The Bertz CT molecular complexity index is 1090. The fourth-order valence-corrected chi connectivity index (χ4v) is 3.44. The molecular weight excluding hydrogens is 427 g/mol. The van der Waals surface area contributed by atoms with E-state index < -0.39 is 6.03 Å². The number of anilines is 3. The first-order chi connectivity index (χ1) is 15.4. The van der Waals surface area contributed by atoms with Crippen molar-refractivity contribution in [3.63, 3.8) is 0 Å². The monoisotopic (exact) mass is 452 g/mol. The number of carbonyl (C=O) groups excluding carboxylic acids is 2. The van der Waals surface area contributed by atoms with Gasteiger partial charge in [-0.3, -0.25) is 4.79 Å². The zero-order chi connectivity index (χ0) is 23.1. The third kappa shape index (κ3) is 6.24. The summed E-state index contributed by atoms with van der Waals surface area (Å²) < 4.78 is 13.1. The van der Waals surface area contributed by atoms with Gasteiger partial charge in [0, 0.05) is 42.6 Å². The summed E-state index contributed by atoms with van der Waals surface area (Å²) >= 11 is 1.62. The van der Waals surface area contributed by atoms with Crippen LogP contribution in [0.15, 0.2) is 71.6 Å². The van der Waals surface area contributed by atoms with Crippen molar-refractivity contribution in [2.75, 3.05) is 35.9 Å². The number of urea groups is 1. The van der Waals surface area contributed by atoms with Gasteiger partial charge in [0.15, 0.2) is 0 Å². The first kappa shape index (κ1) is 23.1. The molecule has 0 heterocycles. The zero-order valence-electron chi connectivity index (χ0n) is 18.1. The van der Waals surface area contributed by atoms with E-state index in [1.54, 1.807) is 42.1 Å². The largest absolute Gasteiger partial charge is 0.377 e. The average molecular weight is 453 g/mol. The molecule has 32 heavy (non-hydrogen) atoms. The Kier molecular flexibility index (Phi) is 7.72. The number of carbonyl (C=O) groups is 2. The van der Waals surface area contributed by atoms with E-state index in [1.807, 2.05) is 49.5 Å². The summed E-state index contributed by atoms with van der Waals surface area (Å²) in [5.74, 6) is -0.623. The Hall–Kier alpha value is -3.52. The predicted octanol–water partition coefficient (Wildman–Crippen LogP) is 5.19. The molecule has 166 valence electrons. The minimum absolute atomic E-state index is 0.260. The number of rotatable bonds is 7. The first-order valence-corrected chi connectivity index (χ1v) is 11.1. The highest BCUT2D eigenvalue weighted by molar-refractivity contribution is 7.98. The van der Waals surface area contributed by atoms with Gasteiger partial charge in [-0.15, -0.1) is 11.8 Å². The Morgan fingerprint density at radius 3 is 2.16 bits per heavy atom. The molecule has 0 spiro atoms. The van der Waals surface area contributed by atoms with Gasteiger partial charge in [-0.25, -0.2) is 9.18 Å². The lowest BCUT2D eigenvalue weighted by atomic mass is 10.1. The van der Waals surface area contributed by atoms with E-state index in [-0.39, 0.29) is 18.3 Å². The molecule has 0 aliphatic heterocycles. The number of amides is 3. The Balaban J connectivity index is 1.70. The second-order valence-electron chi connectivity index (χ2n) is 7.24. The maximum Gasteiger partial charge on any atom is 0.323 e. The van der Waals surface area contributed by atoms with Gasteiger partial charge >= 0.3 is 6.03 Å². The molecule has 3 rings (SSSR count). The van der Waals surface area contributed by atoms with Crippen LogP contribution >= 0.6 is 11.8 Å². The Labute approximate surface area is 191 Å². The van der Waals surface area contributed by atoms with Crippen LogP contribution in [0.2, 0.25) is 0 Å². The molecule has 8 heteroatoms. The van der Waals surface area contributed by atoms with Crippen molar-refractivity contribution in [3.05, 3.63) is 83.7 Å². The van der Waals surface area contributed by atoms with Crippen molar-refractivity contribution in [1.82, 2.24) is 5.32 Å². The van der Waals surface area contributed by atoms with Gasteiger partial charge in [0.25, 0.3) is 5.91 Å². The molecule has 0 saturated heterocycles. The number of hydrogen-bond donors (Lipinski definition) is 3. The van der Waals surface area contributed by atoms with Crippen LogP contribution in [0.3, 0.4) is 0 Å². The van der Waals surface area contributed by atoms with Gasteiger partial charge in [0.2, 0.25) is 0 Å². The number of benzene rings is 3. The highest BCUT2D eigenvalue weighted by Gasteiger charge is 2.15. The standard InChI is InChI=1S/C24H25FN4O2S/c1-29(2)22-13-10-19(28-24(31)27-18-8-11-20(32-3)12-9-18)14-21(22)23(30)26-15-16-4-6-17(25)7-5-16/h4-14H,15H2,1-3H3,(H,26,30)(H2,27,28,31). The summed E-state index contributed by atoms with van der Waals surface area (Å²) in [5.41, 5.74) is 3.06. The molecule has 0 aromatic heterocycles. The van der Waals surface area contributed by atoms with Crippen molar-refractivity contribution < 1.29 is 14.0 Å². The maximum absolute atomic E-state index is 13.1. The van der Waals surface area contributed by atoms with E-state index in [9.17, 15) is 14.0 Å². The number of halogens is 1. The van der Waals surface area contributed by atoms with Crippen LogP contribution in [-0.2, 0) is 6.54 Å². The highest BCUT2D eigenvalue weighted by Crippen LogP contribution is 2.24. The van der Waals surface area contributed by atoms with E-state index in [0.29, 0.717) is 22.6 Å². The number of thioether (sulfide) groups is 1. The molecule has 3 aromatic carbocycles. The highest BCUT2D eigenvalue weighted by atomic mass is 32.2. The van der Waals surface area contributed by atoms with Crippen molar-refractivity contribution in [3.8, 4) is 0 Å². The second kappa shape index (κ2) is 10.7. The van der Waals surface area contributed by atoms with Crippen molar-refractivity contribution in [2.24, 2.45) is 0 Å². The molecule has 3 amide bonds. The van der Waals surface area contributed by atoms with Crippen LogP contribution in [-0.4, -0.2) is 32.3 Å². The lowest BCUT2D eigenvalue weighted by molar-refractivity contribution is 0.0951. The molecule has 3 N–H and O–H groups in total. The molecule has 0 aliphatic carbocycles. The minimum atomic E-state index is -0.405. The molecule has 0 fully saturated rings. The van der Waals surface area contributed by atoms with Crippen LogP contribution in [0.25, 0.3) is 0 Å². The summed E-state index contributed by atoms with van der Waals surface area (Å²) in [5, 5.41) is 8.39. The molecule has 0 radical (unpaired) electrons. The summed E-state index contributed by atoms with van der Waals surface area (Å²) in [7, 11) is 3.67. The fraction of sp³-hybridized carbons (Fsp3) is 0.167. The second-order valence-corrected chi connectivity index (χ2v) is 8.12. The topological polar surface area (TPSA) is 73.5 Å². The lowest BCUT2D eigenvalue weighted by Crippen LogP contribution is -2.26. The molecule has 6 nitrogen and oxygen atoms in total. The van der Waals surface area contributed by atoms with Crippen molar-refractivity contribution in [1.29, 1.82) is 0 Å². The molecule has 0 unspecified atom stereocenters. The summed E-state index contributed by atoms with van der Waals surface area (Å²) in [4.78, 5) is 28.2. The molecule has 0 bridgehead atoms. The van der Waals surface area contributed by atoms with Crippen molar-refractivity contribution in [2.45, 2.75) is 11.4 Å². The lowest BCUT2D eigenvalue weighted by Gasteiger charge is -2.19. The van der Waals surface area contributed by atoms with Gasteiger partial charge in [0.1, 0.15) is 5.82 Å². The third-order valence-corrected chi connectivity index (χ3v) is 5.44. The number of nitrogens with one attached hydrogen (secondary N) is 3. The molecule has 0 atom stereocenters. The van der Waals surface area contributed by atoms with Gasteiger partial charge < -0.3 is 20.9 Å². The SMILES string of the molecule is CSc1ccc(NC(=O)Nc2ccc(N(C)C)c(C(=O)NCc3ccc(F)cc3)c2)cc1. The van der Waals surface area contributed by atoms with Crippen LogP contribution in [0.5, 0.6) is 0 Å². The van der Waals surface area contributed by atoms with Crippen molar-refractivity contribution >= 4 is 40.8 Å². The fourth-order valence-electron chi connectivity index (χ4n) is 3.03. The average Bonchev–Trinajstić information content (AvgIpc) is 2.78. The van der Waals surface area contributed by atoms with Gasteiger partial charge in [-0.2, -0.15) is 0 Å². The third-order valence-electron chi connectivity index (χ3n) is 4.70. The number of hydrogen-bond acceptors (Lipinski definition) is 4. The summed E-state index contributed by atoms with van der Waals surface area (Å²) in [6.45, 7) is 0.260. The van der Waals surface area contributed by atoms with E-state index in [2.05, 4.69) is 16.0 Å². The first-order valence-electron chi connectivity index (χ1n) is 9.92. The normalized spacial score (nSPS) is 10.4. The quantitative estimate of drug-likeness (QED) is 0.432. The number of nitrogens with zero attached hydrogens (tertiary/aromatic N) is 1. The van der Waals surface area contributed by atoms with Crippen LogP contribution in [0.4, 0.5) is 26.2 Å². The summed E-state index contributed by atoms with van der Waals surface area (Å²) in [6.07, 6.45) is 1.99. The molecule has 3 aromatic rings. The summed E-state index contributed by atoms with van der Waals surface area (Å²) in [6, 6.07) is 18.2. The molecule has 0 aliphatic rings. The maximum atomic E-state index is 13.1. The van der Waals surface area contributed by atoms with Crippen LogP contribution in [0, 0.1) is 5.82 Å². The van der Waals surface area contributed by atoms with E-state index >= 15 is 0 Å². The smallest absolute Gasteiger partial charge is 0.323 e. The van der Waals surface area contributed by atoms with Gasteiger partial charge in [-0.1, -0.05) is 12.1 Å². The zero-order valence-corrected chi connectivity index (χ0v) is 18.9. The van der Waals surface area contributed by atoms with E-state index in [0.717, 1.165) is 10.5 Å². The molecular formula is C24H25FN4O2S. The van der Waals surface area contributed by atoms with Crippen LogP contribution in [0.1, 0.15) is 15.9 Å². The Morgan fingerprint density at radius 1 is 0.906 bits per heavy atom. The minimum Gasteiger partial charge on any atom is -0.377 e. The van der Waals surface area contributed by atoms with Crippen LogP contribution < -0.4 is 20.9 Å². The van der Waals surface area contributed by atoms with Gasteiger partial charge in [-0.05, 0) is 66.4 Å². The van der Waals surface area contributed by atoms with E-state index in [1.165, 1.54) is 12.1 Å². The van der Waals surface area contributed by atoms with Gasteiger partial charge in [0.05, 0.1) is 5.56 Å². The molecule has 0 saturated carbocycles.